The van der Waals surface area contributed by atoms with Crippen molar-refractivity contribution in [1.82, 2.24) is 4.57 Å². The van der Waals surface area contributed by atoms with Gasteiger partial charge in [-0.3, -0.25) is 10.1 Å². The summed E-state index contributed by atoms with van der Waals surface area (Å²) in [5.74, 6) is 0. The molecule has 19 heavy (non-hydrogen) atoms. The zero-order chi connectivity index (χ0) is 14.0. The van der Waals surface area contributed by atoms with Gasteiger partial charge in [0.1, 0.15) is 0 Å². The second-order valence-corrected chi connectivity index (χ2v) is 5.27. The van der Waals surface area contributed by atoms with Gasteiger partial charge in [0.15, 0.2) is 0 Å². The number of nitro groups is 1. The molecule has 1 aromatic carbocycles. The lowest BCUT2D eigenvalue weighted by Crippen LogP contribution is -2.01. The number of halogens is 1. The number of nitrogens with one attached hydrogen (secondary N) is 1. The SMILES string of the molecule is Cc1cc(Br)c(NCc2ccn(C)c2)cc1[N+](=O)[O-]. The smallest absolute Gasteiger partial charge is 0.274 e. The van der Waals surface area contributed by atoms with Crippen LogP contribution < -0.4 is 5.32 Å². The molecule has 0 radical (unpaired) electrons. The number of hydrogen-bond donors (Lipinski definition) is 1. The number of hydrogen-bond acceptors (Lipinski definition) is 3. The number of rotatable bonds is 4. The number of aryl methyl sites for hydroxylation is 2. The summed E-state index contributed by atoms with van der Waals surface area (Å²) in [6, 6.07) is 5.32. The average Bonchev–Trinajstić information content (AvgIpc) is 2.73. The van der Waals surface area contributed by atoms with Crippen LogP contribution in [-0.4, -0.2) is 9.49 Å². The van der Waals surface area contributed by atoms with Gasteiger partial charge in [-0.1, -0.05) is 0 Å². The molecule has 0 aliphatic heterocycles. The summed E-state index contributed by atoms with van der Waals surface area (Å²) in [5.41, 5.74) is 2.61. The quantitative estimate of drug-likeness (QED) is 0.690. The Balaban J connectivity index is 2.20. The Bertz CT molecular complexity index is 622. The predicted octanol–water partition coefficient (Wildman–Crippen LogP) is 3.62. The molecule has 2 rings (SSSR count). The van der Waals surface area contributed by atoms with Crippen molar-refractivity contribution in [3.63, 3.8) is 0 Å². The van der Waals surface area contributed by atoms with Crippen molar-refractivity contribution in [2.24, 2.45) is 7.05 Å². The van der Waals surface area contributed by atoms with Crippen LogP contribution in [0.5, 0.6) is 0 Å². The fraction of sp³-hybridized carbons (Fsp3) is 0.231. The van der Waals surface area contributed by atoms with E-state index in [-0.39, 0.29) is 10.6 Å². The van der Waals surface area contributed by atoms with Gasteiger partial charge < -0.3 is 9.88 Å². The zero-order valence-corrected chi connectivity index (χ0v) is 12.3. The van der Waals surface area contributed by atoms with Crippen molar-refractivity contribution in [3.05, 3.63) is 56.3 Å². The standard InChI is InChI=1S/C13H14BrN3O2/c1-9-5-11(14)12(6-13(9)17(18)19)15-7-10-3-4-16(2)8-10/h3-6,8,15H,7H2,1-2H3. The molecule has 0 fully saturated rings. The first-order valence-corrected chi connectivity index (χ1v) is 6.56. The van der Waals surface area contributed by atoms with Crippen LogP contribution in [0.25, 0.3) is 0 Å². The highest BCUT2D eigenvalue weighted by molar-refractivity contribution is 9.10. The second-order valence-electron chi connectivity index (χ2n) is 4.41. The topological polar surface area (TPSA) is 60.1 Å². The molecule has 5 nitrogen and oxygen atoms in total. The molecule has 0 saturated heterocycles. The van der Waals surface area contributed by atoms with Crippen molar-refractivity contribution in [3.8, 4) is 0 Å². The van der Waals surface area contributed by atoms with Crippen LogP contribution in [-0.2, 0) is 13.6 Å². The number of anilines is 1. The summed E-state index contributed by atoms with van der Waals surface area (Å²) in [6.07, 6.45) is 3.97. The fourth-order valence-corrected chi connectivity index (χ4v) is 2.45. The van der Waals surface area contributed by atoms with Gasteiger partial charge in [-0.05, 0) is 40.5 Å². The summed E-state index contributed by atoms with van der Waals surface area (Å²) < 4.78 is 2.79. The van der Waals surface area contributed by atoms with E-state index in [1.807, 2.05) is 30.1 Å². The van der Waals surface area contributed by atoms with Crippen LogP contribution in [0.1, 0.15) is 11.1 Å². The number of benzene rings is 1. The van der Waals surface area contributed by atoms with Crippen LogP contribution in [0.15, 0.2) is 35.1 Å². The Morgan fingerprint density at radius 3 is 2.79 bits per heavy atom. The molecule has 0 saturated carbocycles. The fourth-order valence-electron chi connectivity index (χ4n) is 1.86. The van der Waals surface area contributed by atoms with Gasteiger partial charge in [0.2, 0.25) is 0 Å². The first kappa shape index (κ1) is 13.6. The first-order valence-electron chi connectivity index (χ1n) is 5.76. The van der Waals surface area contributed by atoms with E-state index in [4.69, 9.17) is 0 Å². The van der Waals surface area contributed by atoms with Gasteiger partial charge in [0.05, 0.1) is 10.6 Å². The van der Waals surface area contributed by atoms with Crippen LogP contribution in [0.3, 0.4) is 0 Å². The molecule has 0 amide bonds. The molecule has 0 bridgehead atoms. The molecule has 2 aromatic rings. The van der Waals surface area contributed by atoms with E-state index in [1.54, 1.807) is 19.1 Å². The van der Waals surface area contributed by atoms with Gasteiger partial charge in [-0.15, -0.1) is 0 Å². The molecule has 0 aliphatic rings. The van der Waals surface area contributed by atoms with Crippen LogP contribution >= 0.6 is 15.9 Å². The van der Waals surface area contributed by atoms with Crippen LogP contribution in [0.4, 0.5) is 11.4 Å². The summed E-state index contributed by atoms with van der Waals surface area (Å²) in [4.78, 5) is 10.6. The highest BCUT2D eigenvalue weighted by Gasteiger charge is 2.14. The summed E-state index contributed by atoms with van der Waals surface area (Å²) >= 11 is 3.42. The molecule has 0 aliphatic carbocycles. The molecular weight excluding hydrogens is 310 g/mol. The molecule has 1 heterocycles. The maximum atomic E-state index is 10.9. The van der Waals surface area contributed by atoms with E-state index in [0.717, 1.165) is 15.7 Å². The van der Waals surface area contributed by atoms with E-state index < -0.39 is 0 Å². The highest BCUT2D eigenvalue weighted by Crippen LogP contribution is 2.30. The molecule has 0 atom stereocenters. The molecule has 0 unspecified atom stereocenters. The lowest BCUT2D eigenvalue weighted by atomic mass is 10.2. The lowest BCUT2D eigenvalue weighted by molar-refractivity contribution is -0.385. The van der Waals surface area contributed by atoms with Crippen molar-refractivity contribution in [1.29, 1.82) is 0 Å². The summed E-state index contributed by atoms with van der Waals surface area (Å²) in [6.45, 7) is 2.35. The predicted molar refractivity (Wildman–Crippen MR) is 78.3 cm³/mol. The third-order valence-corrected chi connectivity index (χ3v) is 3.51. The van der Waals surface area contributed by atoms with Crippen molar-refractivity contribution < 1.29 is 4.92 Å². The molecule has 6 heteroatoms. The van der Waals surface area contributed by atoms with Gasteiger partial charge in [-0.2, -0.15) is 0 Å². The Morgan fingerprint density at radius 1 is 1.47 bits per heavy atom. The Hall–Kier alpha value is -1.82. The minimum absolute atomic E-state index is 0.124. The van der Waals surface area contributed by atoms with Crippen molar-refractivity contribution >= 4 is 27.3 Å². The minimum Gasteiger partial charge on any atom is -0.380 e. The lowest BCUT2D eigenvalue weighted by Gasteiger charge is -2.09. The third-order valence-electron chi connectivity index (χ3n) is 2.86. The number of aromatic nitrogens is 1. The maximum Gasteiger partial charge on any atom is 0.274 e. The van der Waals surface area contributed by atoms with E-state index >= 15 is 0 Å². The van der Waals surface area contributed by atoms with Gasteiger partial charge in [-0.25, -0.2) is 0 Å². The average molecular weight is 324 g/mol. The van der Waals surface area contributed by atoms with Crippen molar-refractivity contribution in [2.75, 3.05) is 5.32 Å². The Kier molecular flexibility index (Phi) is 3.90. The molecule has 100 valence electrons. The largest absolute Gasteiger partial charge is 0.380 e. The highest BCUT2D eigenvalue weighted by atomic mass is 79.9. The monoisotopic (exact) mass is 323 g/mol. The van der Waals surface area contributed by atoms with Crippen LogP contribution in [0.2, 0.25) is 0 Å². The normalized spacial score (nSPS) is 10.5. The summed E-state index contributed by atoms with van der Waals surface area (Å²) in [5, 5.41) is 14.1. The van der Waals surface area contributed by atoms with Crippen molar-refractivity contribution in [2.45, 2.75) is 13.5 Å². The number of nitrogens with zero attached hydrogens (tertiary/aromatic N) is 2. The van der Waals surface area contributed by atoms with Gasteiger partial charge in [0.25, 0.3) is 5.69 Å². The molecular formula is C13H14BrN3O2. The Labute approximate surface area is 119 Å². The Morgan fingerprint density at radius 2 is 2.21 bits per heavy atom. The second kappa shape index (κ2) is 5.44. The van der Waals surface area contributed by atoms with E-state index in [0.29, 0.717) is 12.1 Å². The summed E-state index contributed by atoms with van der Waals surface area (Å²) in [7, 11) is 1.95. The van der Waals surface area contributed by atoms with Crippen LogP contribution in [0, 0.1) is 17.0 Å². The van der Waals surface area contributed by atoms with Gasteiger partial charge >= 0.3 is 0 Å². The molecule has 1 aromatic heterocycles. The zero-order valence-electron chi connectivity index (χ0n) is 10.7. The van der Waals surface area contributed by atoms with E-state index in [2.05, 4.69) is 21.2 Å². The van der Waals surface area contributed by atoms with E-state index in [9.17, 15) is 10.1 Å². The third kappa shape index (κ3) is 3.14. The maximum absolute atomic E-state index is 10.9. The molecule has 1 N–H and O–H groups in total. The minimum atomic E-state index is -0.366. The van der Waals surface area contributed by atoms with E-state index in [1.165, 1.54) is 0 Å². The number of nitro benzene ring substituents is 1. The molecule has 0 spiro atoms. The van der Waals surface area contributed by atoms with Gasteiger partial charge in [0, 0.05) is 42.1 Å². The first-order chi connectivity index (χ1) is 8.97.